The van der Waals surface area contributed by atoms with Crippen LogP contribution in [0, 0.1) is 6.92 Å². The van der Waals surface area contributed by atoms with Crippen LogP contribution in [0.2, 0.25) is 0 Å². The minimum atomic E-state index is -0.484. The van der Waals surface area contributed by atoms with Crippen LogP contribution in [0.1, 0.15) is 50.7 Å². The maximum atomic E-state index is 12.0. The molecule has 1 saturated heterocycles. The molecule has 0 radical (unpaired) electrons. The lowest BCUT2D eigenvalue weighted by atomic mass is 9.84. The van der Waals surface area contributed by atoms with E-state index < -0.39 is 18.3 Å². The van der Waals surface area contributed by atoms with Gasteiger partial charge in [-0.1, -0.05) is 0 Å². The fraction of sp³-hybridized carbons (Fsp3) is 0.667. The highest BCUT2D eigenvalue weighted by Crippen LogP contribution is 2.36. The van der Waals surface area contributed by atoms with Crippen LogP contribution < -0.4 is 5.59 Å². The van der Waals surface area contributed by atoms with Crippen molar-refractivity contribution in [1.29, 1.82) is 0 Å². The van der Waals surface area contributed by atoms with E-state index in [1.807, 2.05) is 46.2 Å². The standard InChI is InChI=1S/C15H24BNO4/c1-8-19-13(18)11-9-12(17(7)10(11)2)16-20-14(3,4)15(5,6)21-16/h9H,8H2,1-7H3. The quantitative estimate of drug-likeness (QED) is 0.630. The van der Waals surface area contributed by atoms with Crippen LogP contribution in [-0.2, 0) is 21.1 Å². The maximum absolute atomic E-state index is 12.0. The molecule has 0 N–H and O–H groups in total. The number of carbonyl (C=O) groups is 1. The minimum Gasteiger partial charge on any atom is -0.462 e. The Bertz CT molecular complexity index is 546. The number of rotatable bonds is 3. The first-order chi connectivity index (χ1) is 9.60. The van der Waals surface area contributed by atoms with Gasteiger partial charge in [-0.05, 0) is 47.6 Å². The molecule has 0 atom stereocenters. The molecule has 21 heavy (non-hydrogen) atoms. The Balaban J connectivity index is 2.35. The molecule has 0 amide bonds. The molecule has 6 heteroatoms. The summed E-state index contributed by atoms with van der Waals surface area (Å²) in [6, 6.07) is 1.80. The summed E-state index contributed by atoms with van der Waals surface area (Å²) in [5.74, 6) is -0.312. The fourth-order valence-electron chi connectivity index (χ4n) is 2.33. The Kier molecular flexibility index (Phi) is 3.97. The first-order valence-electron chi connectivity index (χ1n) is 7.29. The summed E-state index contributed by atoms with van der Waals surface area (Å²) in [5.41, 5.74) is 1.43. The van der Waals surface area contributed by atoms with Crippen LogP contribution in [0.15, 0.2) is 6.07 Å². The van der Waals surface area contributed by atoms with Crippen LogP contribution >= 0.6 is 0 Å². The van der Waals surface area contributed by atoms with Gasteiger partial charge in [0.2, 0.25) is 0 Å². The predicted molar refractivity (Wildman–Crippen MR) is 81.8 cm³/mol. The molecular weight excluding hydrogens is 269 g/mol. The molecule has 0 spiro atoms. The van der Waals surface area contributed by atoms with E-state index in [0.29, 0.717) is 12.2 Å². The van der Waals surface area contributed by atoms with E-state index >= 15 is 0 Å². The fourth-order valence-corrected chi connectivity index (χ4v) is 2.33. The van der Waals surface area contributed by atoms with Gasteiger partial charge in [0.1, 0.15) is 0 Å². The van der Waals surface area contributed by atoms with E-state index in [0.717, 1.165) is 11.3 Å². The average molecular weight is 293 g/mol. The van der Waals surface area contributed by atoms with Gasteiger partial charge in [-0.3, -0.25) is 0 Å². The summed E-state index contributed by atoms with van der Waals surface area (Å²) >= 11 is 0. The van der Waals surface area contributed by atoms with Gasteiger partial charge in [0.05, 0.1) is 23.4 Å². The summed E-state index contributed by atoms with van der Waals surface area (Å²) in [6.07, 6.45) is 0. The van der Waals surface area contributed by atoms with Crippen molar-refractivity contribution in [3.63, 3.8) is 0 Å². The lowest BCUT2D eigenvalue weighted by Gasteiger charge is -2.32. The molecule has 0 unspecified atom stereocenters. The molecule has 0 aromatic carbocycles. The topological polar surface area (TPSA) is 49.7 Å². The Morgan fingerprint density at radius 3 is 2.29 bits per heavy atom. The Hall–Kier alpha value is -1.27. The maximum Gasteiger partial charge on any atom is 0.512 e. The lowest BCUT2D eigenvalue weighted by molar-refractivity contribution is 0.00578. The molecule has 1 aliphatic heterocycles. The smallest absolute Gasteiger partial charge is 0.462 e. The van der Waals surface area contributed by atoms with Gasteiger partial charge in [0, 0.05) is 18.3 Å². The van der Waals surface area contributed by atoms with Crippen molar-refractivity contribution < 1.29 is 18.8 Å². The zero-order valence-corrected chi connectivity index (χ0v) is 13.9. The van der Waals surface area contributed by atoms with Gasteiger partial charge in [0.15, 0.2) is 0 Å². The summed E-state index contributed by atoms with van der Waals surface area (Å²) in [4.78, 5) is 12.0. The molecule has 1 aromatic rings. The second-order valence-corrected chi connectivity index (χ2v) is 6.44. The molecule has 1 aromatic heterocycles. The molecule has 116 valence electrons. The molecule has 1 aliphatic rings. The minimum absolute atomic E-state index is 0.312. The van der Waals surface area contributed by atoms with Crippen molar-refractivity contribution in [3.05, 3.63) is 17.3 Å². The molecule has 0 saturated carbocycles. The number of hydrogen-bond acceptors (Lipinski definition) is 4. The van der Waals surface area contributed by atoms with Crippen LogP contribution in [0.5, 0.6) is 0 Å². The number of carbonyl (C=O) groups excluding carboxylic acids is 1. The molecular formula is C15H24BNO4. The molecule has 1 fully saturated rings. The van der Waals surface area contributed by atoms with E-state index in [4.69, 9.17) is 14.0 Å². The normalized spacial score (nSPS) is 19.9. The third kappa shape index (κ3) is 2.62. The highest BCUT2D eigenvalue weighted by Gasteiger charge is 2.52. The van der Waals surface area contributed by atoms with Gasteiger partial charge in [-0.15, -0.1) is 0 Å². The van der Waals surface area contributed by atoms with E-state index in [1.165, 1.54) is 0 Å². The van der Waals surface area contributed by atoms with Gasteiger partial charge < -0.3 is 18.6 Å². The first-order valence-corrected chi connectivity index (χ1v) is 7.29. The average Bonchev–Trinajstić information content (AvgIpc) is 2.76. The molecule has 2 heterocycles. The Labute approximate surface area is 126 Å². The summed E-state index contributed by atoms with van der Waals surface area (Å²) in [6.45, 7) is 12.1. The lowest BCUT2D eigenvalue weighted by Crippen LogP contribution is -2.41. The Morgan fingerprint density at radius 1 is 1.29 bits per heavy atom. The second-order valence-electron chi connectivity index (χ2n) is 6.44. The number of esters is 1. The van der Waals surface area contributed by atoms with Crippen LogP contribution in [0.3, 0.4) is 0 Å². The summed E-state index contributed by atoms with van der Waals surface area (Å²) in [5, 5.41) is 0. The highest BCUT2D eigenvalue weighted by atomic mass is 16.7. The van der Waals surface area contributed by atoms with Crippen molar-refractivity contribution in [2.45, 2.75) is 52.7 Å². The SMILES string of the molecule is CCOC(=O)c1cc(B2OC(C)(C)C(C)(C)O2)n(C)c1C. The van der Waals surface area contributed by atoms with Crippen molar-refractivity contribution in [2.75, 3.05) is 6.61 Å². The van der Waals surface area contributed by atoms with Crippen molar-refractivity contribution in [3.8, 4) is 0 Å². The Morgan fingerprint density at radius 2 is 1.81 bits per heavy atom. The molecule has 0 bridgehead atoms. The second kappa shape index (κ2) is 5.18. The molecule has 2 rings (SSSR count). The third-order valence-corrected chi connectivity index (χ3v) is 4.56. The molecule has 5 nitrogen and oxygen atoms in total. The summed E-state index contributed by atoms with van der Waals surface area (Å²) < 4.78 is 19.1. The van der Waals surface area contributed by atoms with Crippen LogP contribution in [0.4, 0.5) is 0 Å². The van der Waals surface area contributed by atoms with Gasteiger partial charge in [-0.25, -0.2) is 4.79 Å². The van der Waals surface area contributed by atoms with E-state index in [1.54, 1.807) is 13.0 Å². The number of ether oxygens (including phenoxy) is 1. The van der Waals surface area contributed by atoms with Crippen molar-refractivity contribution in [1.82, 2.24) is 4.57 Å². The van der Waals surface area contributed by atoms with Crippen molar-refractivity contribution >= 4 is 18.7 Å². The zero-order valence-electron chi connectivity index (χ0n) is 13.9. The first kappa shape index (κ1) is 16.1. The highest BCUT2D eigenvalue weighted by molar-refractivity contribution is 6.61. The molecule has 0 aliphatic carbocycles. The van der Waals surface area contributed by atoms with Crippen molar-refractivity contribution in [2.24, 2.45) is 7.05 Å². The number of hydrogen-bond donors (Lipinski definition) is 0. The third-order valence-electron chi connectivity index (χ3n) is 4.56. The zero-order chi connectivity index (χ0) is 16.0. The van der Waals surface area contributed by atoms with E-state index in [2.05, 4.69) is 0 Å². The van der Waals surface area contributed by atoms with E-state index in [-0.39, 0.29) is 5.97 Å². The van der Waals surface area contributed by atoms with Gasteiger partial charge in [0.25, 0.3) is 0 Å². The number of nitrogens with zero attached hydrogens (tertiary/aromatic N) is 1. The summed E-state index contributed by atoms with van der Waals surface area (Å²) in [7, 11) is 1.42. The van der Waals surface area contributed by atoms with E-state index in [9.17, 15) is 4.79 Å². The monoisotopic (exact) mass is 293 g/mol. The van der Waals surface area contributed by atoms with Gasteiger partial charge in [-0.2, -0.15) is 0 Å². The van der Waals surface area contributed by atoms with Crippen LogP contribution in [-0.4, -0.2) is 35.5 Å². The number of aromatic nitrogens is 1. The predicted octanol–water partition coefficient (Wildman–Crippen LogP) is 1.81. The largest absolute Gasteiger partial charge is 0.512 e. The van der Waals surface area contributed by atoms with Crippen LogP contribution in [0.25, 0.3) is 0 Å². The van der Waals surface area contributed by atoms with Gasteiger partial charge >= 0.3 is 13.1 Å².